The summed E-state index contributed by atoms with van der Waals surface area (Å²) in [6.45, 7) is 7.35. The largest absolute Gasteiger partial charge is 0.490 e. The van der Waals surface area contributed by atoms with Gasteiger partial charge in [-0.2, -0.15) is 18.2 Å². The van der Waals surface area contributed by atoms with Crippen LogP contribution in [0.15, 0.2) is 27.8 Å². The second-order valence-electron chi connectivity index (χ2n) is 7.96. The molecule has 34 heavy (non-hydrogen) atoms. The standard InChI is InChI=1S/C19H24N6O2.C2HF3O2/c1-12-5-6-13(2)14(11-12)25-15-16(22(3)19(27)23(4)17(15)26)21-18(25)24-9-7-20-8-10-24;3-2(4,5)1(6)7/h5-6,11,20H,7-10H2,1-4H3;(H,6,7). The van der Waals surface area contributed by atoms with Crippen molar-refractivity contribution >= 4 is 23.1 Å². The molecule has 1 fully saturated rings. The summed E-state index contributed by atoms with van der Waals surface area (Å²) in [7, 11) is 3.17. The minimum atomic E-state index is -5.08. The van der Waals surface area contributed by atoms with Crippen molar-refractivity contribution in [1.82, 2.24) is 24.0 Å². The highest BCUT2D eigenvalue weighted by Crippen LogP contribution is 2.27. The Morgan fingerprint density at radius 1 is 1.09 bits per heavy atom. The number of carboxylic acids is 1. The van der Waals surface area contributed by atoms with Crippen LogP contribution < -0.4 is 21.5 Å². The summed E-state index contributed by atoms with van der Waals surface area (Å²) >= 11 is 0. The van der Waals surface area contributed by atoms with Crippen molar-refractivity contribution in [3.63, 3.8) is 0 Å². The highest BCUT2D eigenvalue weighted by Gasteiger charge is 2.38. The van der Waals surface area contributed by atoms with Crippen molar-refractivity contribution in [1.29, 1.82) is 0 Å². The molecule has 0 amide bonds. The van der Waals surface area contributed by atoms with Crippen molar-refractivity contribution in [2.24, 2.45) is 14.1 Å². The van der Waals surface area contributed by atoms with Gasteiger partial charge in [0.1, 0.15) is 0 Å². The normalized spacial score (nSPS) is 14.1. The summed E-state index contributed by atoms with van der Waals surface area (Å²) in [6.07, 6.45) is -5.08. The third-order valence-electron chi connectivity index (χ3n) is 5.49. The number of piperazine rings is 1. The van der Waals surface area contributed by atoms with Gasteiger partial charge < -0.3 is 15.3 Å². The van der Waals surface area contributed by atoms with Gasteiger partial charge in [0, 0.05) is 40.3 Å². The van der Waals surface area contributed by atoms with E-state index in [0.717, 1.165) is 47.6 Å². The van der Waals surface area contributed by atoms with Crippen molar-refractivity contribution in [3.8, 4) is 5.69 Å². The lowest BCUT2D eigenvalue weighted by molar-refractivity contribution is -0.192. The van der Waals surface area contributed by atoms with Gasteiger partial charge >= 0.3 is 17.8 Å². The van der Waals surface area contributed by atoms with E-state index < -0.39 is 12.1 Å². The number of nitrogens with one attached hydrogen (secondary N) is 1. The van der Waals surface area contributed by atoms with Crippen molar-refractivity contribution in [2.75, 3.05) is 31.1 Å². The summed E-state index contributed by atoms with van der Waals surface area (Å²) in [4.78, 5) is 41.3. The lowest BCUT2D eigenvalue weighted by atomic mass is 10.1. The molecular weight excluding hydrogens is 457 g/mol. The van der Waals surface area contributed by atoms with Crippen molar-refractivity contribution < 1.29 is 23.1 Å². The van der Waals surface area contributed by atoms with Gasteiger partial charge in [-0.3, -0.25) is 18.5 Å². The number of rotatable bonds is 2. The molecular formula is C21H25F3N6O4. The van der Waals surface area contributed by atoms with E-state index in [0.29, 0.717) is 17.1 Å². The van der Waals surface area contributed by atoms with Crippen LogP contribution in [-0.4, -0.2) is 62.1 Å². The summed E-state index contributed by atoms with van der Waals surface area (Å²) in [5.74, 6) is -2.05. The number of anilines is 1. The maximum atomic E-state index is 13.0. The number of aliphatic carboxylic acids is 1. The molecule has 3 heterocycles. The second-order valence-corrected chi connectivity index (χ2v) is 7.96. The lowest BCUT2D eigenvalue weighted by Crippen LogP contribution is -2.44. The van der Waals surface area contributed by atoms with Crippen LogP contribution in [0.3, 0.4) is 0 Å². The van der Waals surface area contributed by atoms with Crippen LogP contribution in [0, 0.1) is 13.8 Å². The van der Waals surface area contributed by atoms with Gasteiger partial charge in [-0.1, -0.05) is 12.1 Å². The fourth-order valence-electron chi connectivity index (χ4n) is 3.65. The molecule has 0 atom stereocenters. The third kappa shape index (κ3) is 4.69. The minimum Gasteiger partial charge on any atom is -0.475 e. The molecule has 0 unspecified atom stereocenters. The second kappa shape index (κ2) is 9.33. The Kier molecular flexibility index (Phi) is 6.87. The SMILES string of the molecule is Cc1ccc(C)c(-n2c(N3CCNCC3)nc3c2c(=O)n(C)c(=O)n3C)c1.O=C(O)C(F)(F)F. The molecule has 1 aliphatic rings. The number of hydrogen-bond acceptors (Lipinski definition) is 6. The van der Waals surface area contributed by atoms with E-state index in [9.17, 15) is 22.8 Å². The number of imidazole rings is 1. The quantitative estimate of drug-likeness (QED) is 0.562. The number of fused-ring (bicyclic) bond motifs is 1. The predicted molar refractivity (Wildman–Crippen MR) is 120 cm³/mol. The number of alkyl halides is 3. The van der Waals surface area contributed by atoms with Gasteiger partial charge in [-0.05, 0) is 31.0 Å². The van der Waals surface area contributed by atoms with Gasteiger partial charge in [0.2, 0.25) is 5.95 Å². The highest BCUT2D eigenvalue weighted by molar-refractivity contribution is 5.78. The molecule has 0 radical (unpaired) electrons. The summed E-state index contributed by atoms with van der Waals surface area (Å²) in [6, 6.07) is 6.16. The Balaban J connectivity index is 0.000000406. The molecule has 0 aliphatic carbocycles. The molecule has 4 rings (SSSR count). The van der Waals surface area contributed by atoms with Crippen LogP contribution >= 0.6 is 0 Å². The van der Waals surface area contributed by atoms with Gasteiger partial charge in [-0.15, -0.1) is 0 Å². The average Bonchev–Trinajstić information content (AvgIpc) is 3.19. The first-order chi connectivity index (χ1) is 15.8. The first-order valence-corrected chi connectivity index (χ1v) is 10.4. The molecule has 0 bridgehead atoms. The van der Waals surface area contributed by atoms with Crippen LogP contribution in [0.2, 0.25) is 0 Å². The molecule has 1 aromatic carbocycles. The number of aryl methyl sites for hydroxylation is 3. The van der Waals surface area contributed by atoms with Gasteiger partial charge in [0.15, 0.2) is 11.2 Å². The van der Waals surface area contributed by atoms with E-state index >= 15 is 0 Å². The smallest absolute Gasteiger partial charge is 0.475 e. The Morgan fingerprint density at radius 3 is 2.24 bits per heavy atom. The van der Waals surface area contributed by atoms with Gasteiger partial charge in [-0.25, -0.2) is 9.59 Å². The fraction of sp³-hybridized carbons (Fsp3) is 0.429. The first kappa shape index (κ1) is 25.0. The van der Waals surface area contributed by atoms with Crippen molar-refractivity contribution in [2.45, 2.75) is 20.0 Å². The van der Waals surface area contributed by atoms with Crippen LogP contribution in [0.25, 0.3) is 16.9 Å². The fourth-order valence-corrected chi connectivity index (χ4v) is 3.65. The molecule has 13 heteroatoms. The molecule has 10 nitrogen and oxygen atoms in total. The predicted octanol–water partition coefficient (Wildman–Crippen LogP) is 1.08. The Hall–Kier alpha value is -3.61. The topological polar surface area (TPSA) is 114 Å². The zero-order valence-corrected chi connectivity index (χ0v) is 19.1. The number of nitrogens with zero attached hydrogens (tertiary/aromatic N) is 5. The number of hydrogen-bond donors (Lipinski definition) is 2. The Labute approximate surface area is 191 Å². The zero-order valence-electron chi connectivity index (χ0n) is 19.1. The Morgan fingerprint density at radius 2 is 1.68 bits per heavy atom. The Bertz CT molecular complexity index is 1350. The van der Waals surface area contributed by atoms with Crippen LogP contribution in [0.5, 0.6) is 0 Å². The number of carbonyl (C=O) groups is 1. The third-order valence-corrected chi connectivity index (χ3v) is 5.49. The first-order valence-electron chi connectivity index (χ1n) is 10.4. The number of halogens is 3. The maximum absolute atomic E-state index is 13.0. The number of benzene rings is 1. The van der Waals surface area contributed by atoms with E-state index in [-0.39, 0.29) is 11.2 Å². The van der Waals surface area contributed by atoms with E-state index in [1.54, 1.807) is 7.05 Å². The van der Waals surface area contributed by atoms with Crippen LogP contribution in [0.1, 0.15) is 11.1 Å². The monoisotopic (exact) mass is 482 g/mol. The van der Waals surface area contributed by atoms with E-state index in [4.69, 9.17) is 14.9 Å². The highest BCUT2D eigenvalue weighted by atomic mass is 19.4. The molecule has 1 aliphatic heterocycles. The summed E-state index contributed by atoms with van der Waals surface area (Å²) < 4.78 is 36.3. The van der Waals surface area contributed by atoms with Gasteiger partial charge in [0.05, 0.1) is 5.69 Å². The molecule has 1 saturated heterocycles. The molecule has 0 saturated carbocycles. The molecule has 0 spiro atoms. The van der Waals surface area contributed by atoms with Crippen LogP contribution in [0.4, 0.5) is 19.1 Å². The maximum Gasteiger partial charge on any atom is 0.490 e. The number of carboxylic acid groups (broad SMARTS) is 1. The molecule has 2 N–H and O–H groups in total. The van der Waals surface area contributed by atoms with Gasteiger partial charge in [0.25, 0.3) is 5.56 Å². The average molecular weight is 482 g/mol. The van der Waals surface area contributed by atoms with E-state index in [1.807, 2.05) is 24.5 Å². The molecule has 2 aromatic heterocycles. The zero-order chi connectivity index (χ0) is 25.4. The van der Waals surface area contributed by atoms with E-state index in [2.05, 4.69) is 22.3 Å². The number of aromatic nitrogens is 4. The minimum absolute atomic E-state index is 0.331. The summed E-state index contributed by atoms with van der Waals surface area (Å²) in [5, 5.41) is 10.5. The molecule has 3 aromatic rings. The summed E-state index contributed by atoms with van der Waals surface area (Å²) in [5.41, 5.74) is 3.21. The van der Waals surface area contributed by atoms with E-state index in [1.165, 1.54) is 11.6 Å². The molecule has 184 valence electrons. The lowest BCUT2D eigenvalue weighted by Gasteiger charge is -2.29. The van der Waals surface area contributed by atoms with Crippen LogP contribution in [-0.2, 0) is 18.9 Å². The van der Waals surface area contributed by atoms with Crippen molar-refractivity contribution in [3.05, 3.63) is 50.2 Å².